The molecule has 1 fully saturated rings. The maximum absolute atomic E-state index is 9.08. The second-order valence-electron chi connectivity index (χ2n) is 6.29. The Labute approximate surface area is 123 Å². The third-order valence-corrected chi connectivity index (χ3v) is 3.53. The molecular weight excluding hydrogens is 304 g/mol. The highest BCUT2D eigenvalue weighted by atomic mass is 79.9. The van der Waals surface area contributed by atoms with Crippen LogP contribution >= 0.6 is 15.9 Å². The van der Waals surface area contributed by atoms with Crippen LogP contribution < -0.4 is 4.90 Å². The summed E-state index contributed by atoms with van der Waals surface area (Å²) < 4.78 is 7.02. The van der Waals surface area contributed by atoms with E-state index in [-0.39, 0.29) is 11.2 Å². The van der Waals surface area contributed by atoms with Gasteiger partial charge in [-0.05, 0) is 45.9 Å². The van der Waals surface area contributed by atoms with E-state index in [0.717, 1.165) is 23.2 Å². The first-order chi connectivity index (χ1) is 8.71. The van der Waals surface area contributed by atoms with Gasteiger partial charge in [-0.2, -0.15) is 5.26 Å². The zero-order chi connectivity index (χ0) is 14.3. The van der Waals surface area contributed by atoms with Crippen LogP contribution in [-0.2, 0) is 4.74 Å². The lowest BCUT2D eigenvalue weighted by Crippen LogP contribution is -2.57. The van der Waals surface area contributed by atoms with Gasteiger partial charge in [0.1, 0.15) is 0 Å². The molecule has 1 aromatic carbocycles. The monoisotopic (exact) mass is 322 g/mol. The normalized spacial score (nSPS) is 20.9. The molecular formula is C15H19BrN2O. The average molecular weight is 323 g/mol. The number of rotatable bonds is 1. The lowest BCUT2D eigenvalue weighted by Gasteiger charge is -2.48. The molecule has 0 atom stereocenters. The van der Waals surface area contributed by atoms with Crippen molar-refractivity contribution in [1.82, 2.24) is 0 Å². The predicted octanol–water partition coefficient (Wildman–Crippen LogP) is 3.71. The molecule has 1 saturated heterocycles. The minimum Gasteiger partial charge on any atom is -0.366 e. The number of anilines is 1. The summed E-state index contributed by atoms with van der Waals surface area (Å²) in [4.78, 5) is 2.29. The topological polar surface area (TPSA) is 36.3 Å². The van der Waals surface area contributed by atoms with Gasteiger partial charge in [-0.1, -0.05) is 15.9 Å². The van der Waals surface area contributed by atoms with E-state index in [9.17, 15) is 0 Å². The SMILES string of the molecule is CC1(C)CN(c2cc(Br)cc(C#N)c2)CC(C)(C)O1. The quantitative estimate of drug-likeness (QED) is 0.790. The van der Waals surface area contributed by atoms with Gasteiger partial charge in [-0.25, -0.2) is 0 Å². The summed E-state index contributed by atoms with van der Waals surface area (Å²) in [6, 6.07) is 8.02. The van der Waals surface area contributed by atoms with Gasteiger partial charge in [-0.15, -0.1) is 0 Å². The van der Waals surface area contributed by atoms with E-state index in [4.69, 9.17) is 10.00 Å². The molecule has 19 heavy (non-hydrogen) atoms. The van der Waals surface area contributed by atoms with Gasteiger partial charge in [0.2, 0.25) is 0 Å². The number of halogens is 1. The summed E-state index contributed by atoms with van der Waals surface area (Å²) >= 11 is 3.47. The summed E-state index contributed by atoms with van der Waals surface area (Å²) in [7, 11) is 0. The van der Waals surface area contributed by atoms with Crippen molar-refractivity contribution in [3.8, 4) is 6.07 Å². The Kier molecular flexibility index (Phi) is 3.63. The molecule has 0 N–H and O–H groups in total. The van der Waals surface area contributed by atoms with Crippen LogP contribution in [0.3, 0.4) is 0 Å². The largest absolute Gasteiger partial charge is 0.366 e. The van der Waals surface area contributed by atoms with Gasteiger partial charge < -0.3 is 9.64 Å². The van der Waals surface area contributed by atoms with Crippen molar-refractivity contribution < 1.29 is 4.74 Å². The van der Waals surface area contributed by atoms with Gasteiger partial charge in [0.05, 0.1) is 22.8 Å². The van der Waals surface area contributed by atoms with Gasteiger partial charge in [0, 0.05) is 23.2 Å². The Balaban J connectivity index is 2.36. The highest BCUT2D eigenvalue weighted by molar-refractivity contribution is 9.10. The van der Waals surface area contributed by atoms with Crippen LogP contribution in [0.2, 0.25) is 0 Å². The van der Waals surface area contributed by atoms with Crippen molar-refractivity contribution in [3.05, 3.63) is 28.2 Å². The molecule has 0 aromatic heterocycles. The molecule has 1 heterocycles. The van der Waals surface area contributed by atoms with E-state index in [2.05, 4.69) is 60.7 Å². The van der Waals surface area contributed by atoms with E-state index in [1.165, 1.54) is 0 Å². The molecule has 102 valence electrons. The zero-order valence-electron chi connectivity index (χ0n) is 11.8. The molecule has 3 nitrogen and oxygen atoms in total. The fraction of sp³-hybridized carbons (Fsp3) is 0.533. The van der Waals surface area contributed by atoms with E-state index < -0.39 is 0 Å². The van der Waals surface area contributed by atoms with Crippen molar-refractivity contribution in [2.75, 3.05) is 18.0 Å². The second-order valence-corrected chi connectivity index (χ2v) is 7.20. The van der Waals surface area contributed by atoms with Crippen molar-refractivity contribution in [1.29, 1.82) is 5.26 Å². The molecule has 0 saturated carbocycles. The standard InChI is InChI=1S/C15H19BrN2O/c1-14(2)9-18(10-15(3,4)19-14)13-6-11(8-17)5-12(16)7-13/h5-7H,9-10H2,1-4H3. The van der Waals surface area contributed by atoms with E-state index in [1.54, 1.807) is 0 Å². The van der Waals surface area contributed by atoms with Gasteiger partial charge in [0.25, 0.3) is 0 Å². The molecule has 0 spiro atoms. The number of morpholine rings is 1. The maximum Gasteiger partial charge on any atom is 0.0992 e. The highest BCUT2D eigenvalue weighted by Gasteiger charge is 2.38. The fourth-order valence-corrected chi connectivity index (χ4v) is 3.27. The zero-order valence-corrected chi connectivity index (χ0v) is 13.4. The molecule has 0 amide bonds. The summed E-state index contributed by atoms with van der Waals surface area (Å²) in [5.41, 5.74) is 1.34. The summed E-state index contributed by atoms with van der Waals surface area (Å²) in [6.07, 6.45) is 0. The Morgan fingerprint density at radius 2 is 1.74 bits per heavy atom. The van der Waals surface area contributed by atoms with Crippen LogP contribution in [0.4, 0.5) is 5.69 Å². The molecule has 1 aliphatic rings. The van der Waals surface area contributed by atoms with Gasteiger partial charge in [0.15, 0.2) is 0 Å². The summed E-state index contributed by atoms with van der Waals surface area (Å²) in [6.45, 7) is 10.0. The first kappa shape index (κ1) is 14.4. The molecule has 1 aliphatic heterocycles. The number of benzene rings is 1. The van der Waals surface area contributed by atoms with Crippen molar-refractivity contribution in [2.45, 2.75) is 38.9 Å². The highest BCUT2D eigenvalue weighted by Crippen LogP contribution is 2.32. The van der Waals surface area contributed by atoms with Crippen molar-refractivity contribution >= 4 is 21.6 Å². The van der Waals surface area contributed by atoms with Crippen LogP contribution in [-0.4, -0.2) is 24.3 Å². The third-order valence-electron chi connectivity index (χ3n) is 3.07. The summed E-state index contributed by atoms with van der Waals surface area (Å²) in [5, 5.41) is 9.08. The molecule has 0 radical (unpaired) electrons. The molecule has 0 unspecified atom stereocenters. The Morgan fingerprint density at radius 3 is 2.26 bits per heavy atom. The molecule has 2 rings (SSSR count). The second kappa shape index (κ2) is 4.81. The minimum atomic E-state index is -0.198. The van der Waals surface area contributed by atoms with E-state index in [0.29, 0.717) is 5.56 Å². The lowest BCUT2D eigenvalue weighted by molar-refractivity contribution is -0.133. The number of hydrogen-bond acceptors (Lipinski definition) is 3. The minimum absolute atomic E-state index is 0.198. The Bertz CT molecular complexity index is 515. The molecule has 1 aromatic rings. The molecule has 0 aliphatic carbocycles. The number of ether oxygens (including phenoxy) is 1. The molecule has 4 heteroatoms. The maximum atomic E-state index is 9.08. The van der Waals surface area contributed by atoms with Crippen LogP contribution in [0.1, 0.15) is 33.3 Å². The first-order valence-corrected chi connectivity index (χ1v) is 7.16. The summed E-state index contributed by atoms with van der Waals surface area (Å²) in [5.74, 6) is 0. The first-order valence-electron chi connectivity index (χ1n) is 6.37. The van der Waals surface area contributed by atoms with E-state index in [1.807, 2.05) is 12.1 Å². The number of nitriles is 1. The molecule has 0 bridgehead atoms. The Hall–Kier alpha value is -1.05. The lowest BCUT2D eigenvalue weighted by atomic mass is 9.98. The van der Waals surface area contributed by atoms with Crippen LogP contribution in [0.15, 0.2) is 22.7 Å². The van der Waals surface area contributed by atoms with Crippen molar-refractivity contribution in [2.24, 2.45) is 0 Å². The van der Waals surface area contributed by atoms with E-state index >= 15 is 0 Å². The Morgan fingerprint density at radius 1 is 1.16 bits per heavy atom. The predicted molar refractivity (Wildman–Crippen MR) is 80.3 cm³/mol. The van der Waals surface area contributed by atoms with Crippen LogP contribution in [0, 0.1) is 11.3 Å². The fourth-order valence-electron chi connectivity index (χ4n) is 2.79. The smallest absolute Gasteiger partial charge is 0.0992 e. The third kappa shape index (κ3) is 3.49. The van der Waals surface area contributed by atoms with Crippen molar-refractivity contribution in [3.63, 3.8) is 0 Å². The van der Waals surface area contributed by atoms with Crippen LogP contribution in [0.25, 0.3) is 0 Å². The van der Waals surface area contributed by atoms with Crippen LogP contribution in [0.5, 0.6) is 0 Å². The number of hydrogen-bond donors (Lipinski definition) is 0. The van der Waals surface area contributed by atoms with Gasteiger partial charge in [-0.3, -0.25) is 0 Å². The van der Waals surface area contributed by atoms with Gasteiger partial charge >= 0.3 is 0 Å². The average Bonchev–Trinajstić information content (AvgIpc) is 2.24. The number of nitrogens with zero attached hydrogens (tertiary/aromatic N) is 2.